The SMILES string of the molecule is C[C@@H](Cn1cc([N+](=O)[O-])cn1)c1nc2c3cnn(C)c3ncn2n1. The van der Waals surface area contributed by atoms with Crippen LogP contribution < -0.4 is 0 Å². The number of fused-ring (bicyclic) bond motifs is 3. The normalized spacial score (nSPS) is 12.9. The van der Waals surface area contributed by atoms with Gasteiger partial charge >= 0.3 is 5.69 Å². The maximum Gasteiger partial charge on any atom is 0.306 e. The molecule has 0 saturated heterocycles. The largest absolute Gasteiger partial charge is 0.306 e. The molecule has 4 aromatic heterocycles. The molecule has 24 heavy (non-hydrogen) atoms. The Hall–Kier alpha value is -3.37. The van der Waals surface area contributed by atoms with Crippen molar-refractivity contribution in [2.45, 2.75) is 19.4 Å². The summed E-state index contributed by atoms with van der Waals surface area (Å²) in [5.74, 6) is 0.544. The Morgan fingerprint density at radius 3 is 2.88 bits per heavy atom. The first kappa shape index (κ1) is 14.2. The fourth-order valence-electron chi connectivity index (χ4n) is 2.57. The molecule has 0 aliphatic rings. The molecule has 0 N–H and O–H groups in total. The van der Waals surface area contributed by atoms with Crippen LogP contribution in [0.25, 0.3) is 16.7 Å². The third kappa shape index (κ3) is 2.17. The van der Waals surface area contributed by atoms with Gasteiger partial charge in [-0.2, -0.15) is 10.2 Å². The van der Waals surface area contributed by atoms with Crippen molar-refractivity contribution < 1.29 is 4.92 Å². The van der Waals surface area contributed by atoms with E-state index in [0.717, 1.165) is 11.0 Å². The zero-order valence-corrected chi connectivity index (χ0v) is 12.9. The van der Waals surface area contributed by atoms with E-state index >= 15 is 0 Å². The average Bonchev–Trinajstić information content (AvgIpc) is 3.24. The Bertz CT molecular complexity index is 1060. The van der Waals surface area contributed by atoms with Crippen LogP contribution in [0.5, 0.6) is 0 Å². The van der Waals surface area contributed by atoms with Crippen molar-refractivity contribution in [3.63, 3.8) is 0 Å². The first-order valence-corrected chi connectivity index (χ1v) is 7.23. The first-order valence-electron chi connectivity index (χ1n) is 7.23. The van der Waals surface area contributed by atoms with E-state index in [0.29, 0.717) is 18.0 Å². The zero-order valence-electron chi connectivity index (χ0n) is 12.9. The average molecular weight is 327 g/mol. The van der Waals surface area contributed by atoms with E-state index < -0.39 is 4.92 Å². The second kappa shape index (κ2) is 5.08. The second-order valence-electron chi connectivity index (χ2n) is 5.57. The van der Waals surface area contributed by atoms with Gasteiger partial charge in [0.25, 0.3) is 0 Å². The molecule has 0 fully saturated rings. The van der Waals surface area contributed by atoms with E-state index in [1.807, 2.05) is 14.0 Å². The standard InChI is InChI=1S/C13H13N9O2/c1-8(5-20-6-9(3-16-20)22(23)24)11-17-13-10-4-15-19(2)12(10)14-7-21(13)18-11/h3-4,6-8H,5H2,1-2H3/t8-/m0/s1. The molecule has 0 unspecified atom stereocenters. The molecule has 0 radical (unpaired) electrons. The molecular formula is C13H13N9O2. The number of hydrogen-bond acceptors (Lipinski definition) is 7. The first-order chi connectivity index (χ1) is 11.5. The fraction of sp³-hybridized carbons (Fsp3) is 0.308. The molecule has 11 nitrogen and oxygen atoms in total. The van der Waals surface area contributed by atoms with Crippen molar-refractivity contribution in [2.75, 3.05) is 0 Å². The van der Waals surface area contributed by atoms with E-state index in [-0.39, 0.29) is 11.6 Å². The van der Waals surface area contributed by atoms with E-state index in [9.17, 15) is 10.1 Å². The van der Waals surface area contributed by atoms with Crippen LogP contribution in [0.3, 0.4) is 0 Å². The number of rotatable bonds is 4. The summed E-state index contributed by atoms with van der Waals surface area (Å²) in [6.45, 7) is 2.38. The lowest BCUT2D eigenvalue weighted by atomic mass is 10.2. The summed E-state index contributed by atoms with van der Waals surface area (Å²) in [5.41, 5.74) is 1.38. The molecule has 4 heterocycles. The van der Waals surface area contributed by atoms with Gasteiger partial charge in [0.2, 0.25) is 0 Å². The van der Waals surface area contributed by atoms with Crippen LogP contribution in [-0.4, -0.2) is 44.1 Å². The number of aryl methyl sites for hydroxylation is 1. The molecule has 0 saturated carbocycles. The topological polar surface area (TPSA) is 122 Å². The van der Waals surface area contributed by atoms with Gasteiger partial charge in [0, 0.05) is 13.0 Å². The van der Waals surface area contributed by atoms with Crippen LogP contribution in [0.4, 0.5) is 5.69 Å². The molecular weight excluding hydrogens is 314 g/mol. The third-order valence-electron chi connectivity index (χ3n) is 3.82. The molecule has 0 aromatic carbocycles. The lowest BCUT2D eigenvalue weighted by Crippen LogP contribution is -2.08. The smallest absolute Gasteiger partial charge is 0.265 e. The fourth-order valence-corrected chi connectivity index (χ4v) is 2.57. The molecule has 11 heteroatoms. The Balaban J connectivity index is 1.67. The molecule has 1 atom stereocenters. The van der Waals surface area contributed by atoms with Gasteiger partial charge in [-0.25, -0.2) is 14.5 Å². The third-order valence-corrected chi connectivity index (χ3v) is 3.82. The van der Waals surface area contributed by atoms with Crippen molar-refractivity contribution >= 4 is 22.4 Å². The van der Waals surface area contributed by atoms with E-state index in [1.165, 1.54) is 17.1 Å². The number of aromatic nitrogens is 8. The highest BCUT2D eigenvalue weighted by molar-refractivity contribution is 5.88. The van der Waals surface area contributed by atoms with Crippen molar-refractivity contribution in [3.05, 3.63) is 40.9 Å². The maximum absolute atomic E-state index is 10.7. The molecule has 0 amide bonds. The summed E-state index contributed by atoms with van der Waals surface area (Å²) >= 11 is 0. The minimum absolute atomic E-state index is 0.0357. The summed E-state index contributed by atoms with van der Waals surface area (Å²) in [5, 5.41) is 24.2. The van der Waals surface area contributed by atoms with E-state index in [1.54, 1.807) is 21.7 Å². The Labute approximate surface area is 134 Å². The minimum Gasteiger partial charge on any atom is -0.265 e. The lowest BCUT2D eigenvalue weighted by molar-refractivity contribution is -0.385. The van der Waals surface area contributed by atoms with Gasteiger partial charge in [-0.05, 0) is 0 Å². The highest BCUT2D eigenvalue weighted by Gasteiger charge is 2.17. The van der Waals surface area contributed by atoms with Crippen LogP contribution in [0.1, 0.15) is 18.7 Å². The molecule has 0 aliphatic heterocycles. The minimum atomic E-state index is -0.470. The van der Waals surface area contributed by atoms with Gasteiger partial charge < -0.3 is 0 Å². The molecule has 0 spiro atoms. The van der Waals surface area contributed by atoms with Crippen LogP contribution in [0.2, 0.25) is 0 Å². The summed E-state index contributed by atoms with van der Waals surface area (Å²) in [7, 11) is 1.82. The van der Waals surface area contributed by atoms with Crippen LogP contribution in [0.15, 0.2) is 24.9 Å². The summed E-state index contributed by atoms with van der Waals surface area (Å²) in [6, 6.07) is 0. The number of hydrogen-bond donors (Lipinski definition) is 0. The van der Waals surface area contributed by atoms with Gasteiger partial charge in [0.05, 0.1) is 23.1 Å². The quantitative estimate of drug-likeness (QED) is 0.403. The van der Waals surface area contributed by atoms with Crippen molar-refractivity contribution in [1.82, 2.24) is 39.1 Å². The zero-order chi connectivity index (χ0) is 16.8. The van der Waals surface area contributed by atoms with Gasteiger partial charge in [0.15, 0.2) is 17.1 Å². The Kier molecular flexibility index (Phi) is 3.01. The number of nitro groups is 1. The van der Waals surface area contributed by atoms with E-state index in [4.69, 9.17) is 0 Å². The summed E-state index contributed by atoms with van der Waals surface area (Å²) in [6.07, 6.45) is 5.93. The Morgan fingerprint density at radius 1 is 1.29 bits per heavy atom. The predicted octanol–water partition coefficient (Wildman–Crippen LogP) is 0.919. The van der Waals surface area contributed by atoms with Gasteiger partial charge in [-0.15, -0.1) is 5.10 Å². The van der Waals surface area contributed by atoms with Gasteiger partial charge in [0.1, 0.15) is 18.7 Å². The summed E-state index contributed by atoms with van der Waals surface area (Å²) in [4.78, 5) is 19.1. The highest BCUT2D eigenvalue weighted by Crippen LogP contribution is 2.20. The van der Waals surface area contributed by atoms with Gasteiger partial charge in [-0.1, -0.05) is 6.92 Å². The molecule has 0 bridgehead atoms. The molecule has 4 aromatic rings. The van der Waals surface area contributed by atoms with Gasteiger partial charge in [-0.3, -0.25) is 19.5 Å². The number of nitrogens with zero attached hydrogens (tertiary/aromatic N) is 9. The van der Waals surface area contributed by atoms with Crippen LogP contribution in [-0.2, 0) is 13.6 Å². The van der Waals surface area contributed by atoms with E-state index in [2.05, 4.69) is 25.3 Å². The monoisotopic (exact) mass is 327 g/mol. The predicted molar refractivity (Wildman–Crippen MR) is 82.4 cm³/mol. The lowest BCUT2D eigenvalue weighted by Gasteiger charge is -2.06. The molecule has 4 rings (SSSR count). The maximum atomic E-state index is 10.7. The summed E-state index contributed by atoms with van der Waals surface area (Å²) < 4.78 is 4.81. The van der Waals surface area contributed by atoms with Crippen molar-refractivity contribution in [1.29, 1.82) is 0 Å². The molecule has 122 valence electrons. The Morgan fingerprint density at radius 2 is 2.12 bits per heavy atom. The van der Waals surface area contributed by atoms with Crippen molar-refractivity contribution in [2.24, 2.45) is 7.05 Å². The highest BCUT2D eigenvalue weighted by atomic mass is 16.6. The van der Waals surface area contributed by atoms with Crippen molar-refractivity contribution in [3.8, 4) is 0 Å². The second-order valence-corrected chi connectivity index (χ2v) is 5.57. The van der Waals surface area contributed by atoms with Crippen LogP contribution in [0, 0.1) is 10.1 Å². The molecule has 0 aliphatic carbocycles. The van der Waals surface area contributed by atoms with Crippen LogP contribution >= 0.6 is 0 Å².